The fourth-order valence-corrected chi connectivity index (χ4v) is 2.87. The summed E-state index contributed by atoms with van der Waals surface area (Å²) in [6, 6.07) is 0.146. The molecule has 6 heteroatoms. The molecule has 0 saturated carbocycles. The van der Waals surface area contributed by atoms with Crippen LogP contribution in [0.5, 0.6) is 0 Å². The van der Waals surface area contributed by atoms with Crippen molar-refractivity contribution in [1.29, 1.82) is 0 Å². The summed E-state index contributed by atoms with van der Waals surface area (Å²) in [6.07, 6.45) is 13.0. The van der Waals surface area contributed by atoms with E-state index >= 15 is 0 Å². The molecule has 0 rings (SSSR count). The maximum Gasteiger partial charge on any atom is 0.407 e. The summed E-state index contributed by atoms with van der Waals surface area (Å²) in [4.78, 5) is 23.5. The minimum absolute atomic E-state index is 0.146. The van der Waals surface area contributed by atoms with Crippen LogP contribution in [0.4, 0.5) is 9.59 Å². The Labute approximate surface area is 172 Å². The highest BCUT2D eigenvalue weighted by atomic mass is 16.6. The normalized spacial score (nSPS) is 11.7. The molecule has 0 aromatic rings. The zero-order chi connectivity index (χ0) is 20.9. The van der Waals surface area contributed by atoms with E-state index in [1.54, 1.807) is 0 Å². The molecule has 0 bridgehead atoms. The van der Waals surface area contributed by atoms with E-state index in [2.05, 4.69) is 31.4 Å². The largest absolute Gasteiger partial charge is 0.450 e. The van der Waals surface area contributed by atoms with E-state index in [-0.39, 0.29) is 18.2 Å². The molecule has 0 heterocycles. The maximum absolute atomic E-state index is 12.0. The summed E-state index contributed by atoms with van der Waals surface area (Å²) in [5.74, 6) is 0. The van der Waals surface area contributed by atoms with Crippen molar-refractivity contribution in [2.45, 2.75) is 110 Å². The Bertz CT molecular complexity index is 378. The number of carbonyl (C=O) groups excluding carboxylic acids is 2. The van der Waals surface area contributed by atoms with E-state index in [4.69, 9.17) is 9.47 Å². The number of alkyl carbamates (subject to hydrolysis) is 2. The van der Waals surface area contributed by atoms with Crippen LogP contribution in [0.15, 0.2) is 0 Å². The minimum Gasteiger partial charge on any atom is -0.450 e. The Balaban J connectivity index is 4.03. The lowest BCUT2D eigenvalue weighted by Crippen LogP contribution is -2.35. The summed E-state index contributed by atoms with van der Waals surface area (Å²) >= 11 is 0. The van der Waals surface area contributed by atoms with E-state index in [1.807, 2.05) is 0 Å². The van der Waals surface area contributed by atoms with Gasteiger partial charge in [0.05, 0.1) is 13.2 Å². The molecule has 0 fully saturated rings. The third-order valence-electron chi connectivity index (χ3n) is 4.69. The zero-order valence-electron chi connectivity index (χ0n) is 18.5. The monoisotopic (exact) mass is 400 g/mol. The van der Waals surface area contributed by atoms with Gasteiger partial charge in [-0.3, -0.25) is 0 Å². The van der Waals surface area contributed by atoms with E-state index in [0.717, 1.165) is 57.8 Å². The van der Waals surface area contributed by atoms with Crippen LogP contribution in [0.1, 0.15) is 104 Å². The molecular weight excluding hydrogens is 356 g/mol. The number of rotatable bonds is 18. The summed E-state index contributed by atoms with van der Waals surface area (Å²) < 4.78 is 10.3. The molecule has 6 nitrogen and oxygen atoms in total. The smallest absolute Gasteiger partial charge is 0.407 e. The van der Waals surface area contributed by atoms with Crippen molar-refractivity contribution < 1.29 is 19.1 Å². The number of carbonyl (C=O) groups is 2. The van der Waals surface area contributed by atoms with Crippen LogP contribution in [-0.4, -0.2) is 38.0 Å². The Kier molecular flexibility index (Phi) is 19.2. The summed E-state index contributed by atoms with van der Waals surface area (Å²) in [7, 11) is 0. The SMILES string of the molecule is CCCCCCCC(CCCCNC(=O)OCCCC)NC(=O)OCCCC. The molecule has 1 unspecified atom stereocenters. The van der Waals surface area contributed by atoms with Gasteiger partial charge in [0.1, 0.15) is 0 Å². The molecule has 0 aliphatic rings. The molecule has 0 aromatic carbocycles. The number of hydrogen-bond acceptors (Lipinski definition) is 4. The van der Waals surface area contributed by atoms with Gasteiger partial charge in [-0.15, -0.1) is 0 Å². The molecule has 2 amide bonds. The highest BCUT2D eigenvalue weighted by Gasteiger charge is 2.13. The van der Waals surface area contributed by atoms with Crippen LogP contribution in [0.2, 0.25) is 0 Å². The maximum atomic E-state index is 12.0. The van der Waals surface area contributed by atoms with Crippen molar-refractivity contribution in [3.63, 3.8) is 0 Å². The number of unbranched alkanes of at least 4 members (excludes halogenated alkanes) is 7. The average Bonchev–Trinajstić information content (AvgIpc) is 2.67. The predicted molar refractivity (Wildman–Crippen MR) is 115 cm³/mol. The lowest BCUT2D eigenvalue weighted by atomic mass is 10.0. The Hall–Kier alpha value is -1.46. The fraction of sp³-hybridized carbons (Fsp3) is 0.909. The highest BCUT2D eigenvalue weighted by Crippen LogP contribution is 2.12. The summed E-state index contributed by atoms with van der Waals surface area (Å²) in [6.45, 7) is 7.92. The summed E-state index contributed by atoms with van der Waals surface area (Å²) in [5, 5.41) is 5.81. The third-order valence-corrected chi connectivity index (χ3v) is 4.69. The molecule has 166 valence electrons. The fourth-order valence-electron chi connectivity index (χ4n) is 2.87. The predicted octanol–water partition coefficient (Wildman–Crippen LogP) is 5.94. The van der Waals surface area contributed by atoms with Crippen LogP contribution < -0.4 is 10.6 Å². The first kappa shape index (κ1) is 26.5. The van der Waals surface area contributed by atoms with Gasteiger partial charge in [0.25, 0.3) is 0 Å². The standard InChI is InChI=1S/C22H44N2O4/c1-4-7-10-11-12-15-20(24-22(26)28-19-9-6-3)16-13-14-17-23-21(25)27-18-8-5-2/h20H,4-19H2,1-3H3,(H,23,25)(H,24,26). The first-order chi connectivity index (χ1) is 13.6. The van der Waals surface area contributed by atoms with Gasteiger partial charge in [-0.1, -0.05) is 65.7 Å². The van der Waals surface area contributed by atoms with E-state index in [9.17, 15) is 9.59 Å². The van der Waals surface area contributed by atoms with Crippen LogP contribution in [0.3, 0.4) is 0 Å². The molecule has 28 heavy (non-hydrogen) atoms. The molecule has 1 atom stereocenters. The van der Waals surface area contributed by atoms with Gasteiger partial charge >= 0.3 is 12.2 Å². The number of nitrogens with one attached hydrogen (secondary N) is 2. The van der Waals surface area contributed by atoms with Crippen molar-refractivity contribution in [2.24, 2.45) is 0 Å². The van der Waals surface area contributed by atoms with E-state index in [0.29, 0.717) is 19.8 Å². The van der Waals surface area contributed by atoms with Gasteiger partial charge in [-0.25, -0.2) is 9.59 Å². The second kappa shape index (κ2) is 20.3. The van der Waals surface area contributed by atoms with Crippen molar-refractivity contribution in [1.82, 2.24) is 10.6 Å². The quantitative estimate of drug-likeness (QED) is 0.279. The van der Waals surface area contributed by atoms with Crippen molar-refractivity contribution in [3.05, 3.63) is 0 Å². The van der Waals surface area contributed by atoms with Gasteiger partial charge in [0, 0.05) is 12.6 Å². The van der Waals surface area contributed by atoms with E-state index in [1.165, 1.54) is 25.7 Å². The third kappa shape index (κ3) is 17.9. The Morgan fingerprint density at radius 3 is 1.82 bits per heavy atom. The van der Waals surface area contributed by atoms with Crippen molar-refractivity contribution in [3.8, 4) is 0 Å². The molecule has 0 aromatic heterocycles. The van der Waals surface area contributed by atoms with Gasteiger partial charge in [0.15, 0.2) is 0 Å². The van der Waals surface area contributed by atoms with Crippen LogP contribution in [0, 0.1) is 0 Å². The number of hydrogen-bond donors (Lipinski definition) is 2. The first-order valence-electron chi connectivity index (χ1n) is 11.5. The van der Waals surface area contributed by atoms with E-state index < -0.39 is 0 Å². The number of ether oxygens (including phenoxy) is 2. The Morgan fingerprint density at radius 1 is 0.679 bits per heavy atom. The van der Waals surface area contributed by atoms with Crippen LogP contribution in [-0.2, 0) is 9.47 Å². The first-order valence-corrected chi connectivity index (χ1v) is 11.5. The molecule has 0 aliphatic heterocycles. The van der Waals surface area contributed by atoms with Crippen molar-refractivity contribution >= 4 is 12.2 Å². The summed E-state index contributed by atoms with van der Waals surface area (Å²) in [5.41, 5.74) is 0. The molecule has 0 saturated heterocycles. The molecule has 0 spiro atoms. The number of amides is 2. The lowest BCUT2D eigenvalue weighted by molar-refractivity contribution is 0.139. The lowest BCUT2D eigenvalue weighted by Gasteiger charge is -2.19. The minimum atomic E-state index is -0.335. The molecular formula is C22H44N2O4. The highest BCUT2D eigenvalue weighted by molar-refractivity contribution is 5.67. The second-order valence-electron chi connectivity index (χ2n) is 7.45. The molecule has 2 N–H and O–H groups in total. The molecule has 0 radical (unpaired) electrons. The van der Waals surface area contributed by atoms with Gasteiger partial charge in [0.2, 0.25) is 0 Å². The second-order valence-corrected chi connectivity index (χ2v) is 7.45. The molecule has 0 aliphatic carbocycles. The van der Waals surface area contributed by atoms with Crippen LogP contribution >= 0.6 is 0 Å². The average molecular weight is 401 g/mol. The topological polar surface area (TPSA) is 76.7 Å². The van der Waals surface area contributed by atoms with Crippen LogP contribution in [0.25, 0.3) is 0 Å². The van der Waals surface area contributed by atoms with Crippen molar-refractivity contribution in [2.75, 3.05) is 19.8 Å². The Morgan fingerprint density at radius 2 is 1.21 bits per heavy atom. The van der Waals surface area contributed by atoms with Gasteiger partial charge in [-0.05, 0) is 38.5 Å². The van der Waals surface area contributed by atoms with Gasteiger partial charge < -0.3 is 20.1 Å². The zero-order valence-corrected chi connectivity index (χ0v) is 18.5. The van der Waals surface area contributed by atoms with Gasteiger partial charge in [-0.2, -0.15) is 0 Å².